The Bertz CT molecular complexity index is 180. The average molecular weight is 283 g/mol. The van der Waals surface area contributed by atoms with Gasteiger partial charge in [0.25, 0.3) is 0 Å². The van der Waals surface area contributed by atoms with E-state index in [4.69, 9.17) is 4.74 Å². The van der Waals surface area contributed by atoms with Crippen LogP contribution in [0.1, 0.15) is 13.8 Å². The van der Waals surface area contributed by atoms with E-state index in [1.807, 2.05) is 29.5 Å². The van der Waals surface area contributed by atoms with Crippen molar-refractivity contribution >= 4 is 28.5 Å². The second kappa shape index (κ2) is 6.42. The molecule has 0 aliphatic rings. The van der Waals surface area contributed by atoms with Gasteiger partial charge in [0.1, 0.15) is 0 Å². The third-order valence-electron chi connectivity index (χ3n) is 1.32. The van der Waals surface area contributed by atoms with E-state index >= 15 is 0 Å². The number of carbonyl (C=O) groups excluding carboxylic acids is 1. The van der Waals surface area contributed by atoms with Crippen LogP contribution in [0, 0.1) is 0 Å². The summed E-state index contributed by atoms with van der Waals surface area (Å²) in [5.41, 5.74) is 0.721. The molecule has 1 atom stereocenters. The number of hydrogen-bond acceptors (Lipinski definition) is 2. The van der Waals surface area contributed by atoms with Crippen molar-refractivity contribution < 1.29 is 9.53 Å². The van der Waals surface area contributed by atoms with Crippen molar-refractivity contribution in [3.05, 3.63) is 9.66 Å². The number of nitrogens with one attached hydrogen (secondary N) is 1. The molecule has 0 aromatic carbocycles. The van der Waals surface area contributed by atoms with Gasteiger partial charge in [-0.3, -0.25) is 4.79 Å². The van der Waals surface area contributed by atoms with Crippen molar-refractivity contribution in [1.29, 1.82) is 0 Å². The smallest absolute Gasteiger partial charge is 0.247 e. The number of carbonyl (C=O) groups is 1. The number of methoxy groups -OCH3 is 1. The lowest BCUT2D eigenvalue weighted by Gasteiger charge is -2.12. The highest BCUT2D eigenvalue weighted by Crippen LogP contribution is 1.98. The summed E-state index contributed by atoms with van der Waals surface area (Å²) >= 11 is 2.04. The summed E-state index contributed by atoms with van der Waals surface area (Å²) in [6, 6.07) is 0.0637. The highest BCUT2D eigenvalue weighted by molar-refractivity contribution is 14.1. The van der Waals surface area contributed by atoms with Gasteiger partial charge in [-0.25, -0.2) is 0 Å². The molecule has 0 saturated heterocycles. The predicted octanol–water partition coefficient (Wildman–Crippen LogP) is 1.48. The van der Waals surface area contributed by atoms with Gasteiger partial charge < -0.3 is 10.1 Å². The number of ether oxygens (including phenoxy) is 1. The molecule has 70 valence electrons. The Morgan fingerprint density at radius 2 is 2.33 bits per heavy atom. The first-order valence-electron chi connectivity index (χ1n) is 3.68. The Hall–Kier alpha value is -0.100. The third-order valence-corrected chi connectivity index (χ3v) is 2.25. The molecule has 0 bridgehead atoms. The van der Waals surface area contributed by atoms with Gasteiger partial charge in [-0.2, -0.15) is 0 Å². The minimum absolute atomic E-state index is 0.0334. The molecular weight excluding hydrogens is 269 g/mol. The Labute approximate surface area is 86.7 Å². The number of rotatable bonds is 4. The average Bonchev–Trinajstić information content (AvgIpc) is 2.03. The fourth-order valence-corrected chi connectivity index (χ4v) is 0.962. The molecule has 0 aromatic rings. The van der Waals surface area contributed by atoms with Gasteiger partial charge in [-0.05, 0) is 17.9 Å². The summed E-state index contributed by atoms with van der Waals surface area (Å²) in [6.45, 7) is 4.23. The summed E-state index contributed by atoms with van der Waals surface area (Å²) in [4.78, 5) is 11.2. The second-order valence-corrected chi connectivity index (χ2v) is 3.24. The molecule has 0 aliphatic heterocycles. The van der Waals surface area contributed by atoms with Gasteiger partial charge >= 0.3 is 0 Å². The van der Waals surface area contributed by atoms with Crippen molar-refractivity contribution in [2.45, 2.75) is 19.9 Å². The predicted molar refractivity (Wildman–Crippen MR) is 57.3 cm³/mol. The maximum absolute atomic E-state index is 11.2. The molecule has 0 aliphatic carbocycles. The van der Waals surface area contributed by atoms with Gasteiger partial charge in [0.05, 0.1) is 6.61 Å². The van der Waals surface area contributed by atoms with Crippen LogP contribution in [-0.2, 0) is 9.53 Å². The quantitative estimate of drug-likeness (QED) is 0.627. The largest absolute Gasteiger partial charge is 0.383 e. The maximum Gasteiger partial charge on any atom is 0.247 e. The van der Waals surface area contributed by atoms with Gasteiger partial charge in [0, 0.05) is 18.7 Å². The molecule has 0 unspecified atom stereocenters. The molecule has 0 aromatic heterocycles. The first kappa shape index (κ1) is 11.9. The fraction of sp³-hybridized carbons (Fsp3) is 0.625. The van der Waals surface area contributed by atoms with E-state index in [1.165, 1.54) is 0 Å². The monoisotopic (exact) mass is 283 g/mol. The van der Waals surface area contributed by atoms with Crippen LogP contribution in [0.3, 0.4) is 0 Å². The second-order valence-electron chi connectivity index (χ2n) is 2.62. The van der Waals surface area contributed by atoms with E-state index in [-0.39, 0.29) is 11.9 Å². The van der Waals surface area contributed by atoms with Crippen LogP contribution in [0.5, 0.6) is 0 Å². The highest BCUT2D eigenvalue weighted by atomic mass is 127. The summed E-state index contributed by atoms with van der Waals surface area (Å²) < 4.78 is 6.64. The lowest BCUT2D eigenvalue weighted by molar-refractivity contribution is -0.118. The van der Waals surface area contributed by atoms with E-state index in [2.05, 4.69) is 5.32 Å². The molecule has 0 spiro atoms. The van der Waals surface area contributed by atoms with Crippen molar-refractivity contribution in [3.8, 4) is 0 Å². The Kier molecular flexibility index (Phi) is 6.37. The number of halogens is 1. The van der Waals surface area contributed by atoms with Crippen LogP contribution in [0.15, 0.2) is 9.66 Å². The van der Waals surface area contributed by atoms with Crippen molar-refractivity contribution in [1.82, 2.24) is 5.32 Å². The van der Waals surface area contributed by atoms with Crippen LogP contribution in [0.4, 0.5) is 0 Å². The van der Waals surface area contributed by atoms with Gasteiger partial charge in [0.2, 0.25) is 5.91 Å². The molecule has 1 amide bonds. The lowest BCUT2D eigenvalue weighted by Crippen LogP contribution is -2.35. The topological polar surface area (TPSA) is 38.3 Å². The summed E-state index contributed by atoms with van der Waals surface area (Å²) in [7, 11) is 1.61. The van der Waals surface area contributed by atoms with Crippen LogP contribution in [-0.4, -0.2) is 25.7 Å². The van der Waals surface area contributed by atoms with E-state index in [0.717, 1.165) is 5.57 Å². The minimum Gasteiger partial charge on any atom is -0.383 e. The number of amides is 1. The standard InChI is InChI=1S/C8H14INO2/c1-6(4-9)8(11)10-7(2)5-12-3/h4,7H,5H2,1-3H3,(H,10,11)/b6-4+/t7-/m0/s1. The third kappa shape index (κ3) is 4.71. The number of hydrogen-bond donors (Lipinski definition) is 1. The molecule has 4 heteroatoms. The zero-order valence-electron chi connectivity index (χ0n) is 7.56. The zero-order chi connectivity index (χ0) is 9.56. The molecule has 0 radical (unpaired) electrons. The van der Waals surface area contributed by atoms with Crippen molar-refractivity contribution in [2.24, 2.45) is 0 Å². The first-order chi connectivity index (χ1) is 5.61. The minimum atomic E-state index is -0.0334. The summed E-state index contributed by atoms with van der Waals surface area (Å²) in [6.07, 6.45) is 0. The molecule has 0 saturated carbocycles. The SMILES string of the molecule is COC[C@H](C)NC(=O)/C(C)=C/I. The molecule has 0 fully saturated rings. The molecular formula is C8H14INO2. The summed E-state index contributed by atoms with van der Waals surface area (Å²) in [5.74, 6) is -0.0334. The van der Waals surface area contributed by atoms with E-state index in [0.29, 0.717) is 6.61 Å². The van der Waals surface area contributed by atoms with Crippen LogP contribution in [0.25, 0.3) is 0 Å². The molecule has 0 heterocycles. The van der Waals surface area contributed by atoms with Crippen LogP contribution in [0.2, 0.25) is 0 Å². The van der Waals surface area contributed by atoms with Crippen molar-refractivity contribution in [3.63, 3.8) is 0 Å². The normalized spacial score (nSPS) is 14.2. The Morgan fingerprint density at radius 3 is 2.75 bits per heavy atom. The first-order valence-corrected chi connectivity index (χ1v) is 4.93. The van der Waals surface area contributed by atoms with Crippen LogP contribution >= 0.6 is 22.6 Å². The fourth-order valence-electron chi connectivity index (χ4n) is 0.679. The van der Waals surface area contributed by atoms with E-state index in [1.54, 1.807) is 18.1 Å². The Morgan fingerprint density at radius 1 is 1.75 bits per heavy atom. The van der Waals surface area contributed by atoms with E-state index < -0.39 is 0 Å². The highest BCUT2D eigenvalue weighted by Gasteiger charge is 2.07. The van der Waals surface area contributed by atoms with Crippen LogP contribution < -0.4 is 5.32 Å². The van der Waals surface area contributed by atoms with Crippen molar-refractivity contribution in [2.75, 3.05) is 13.7 Å². The van der Waals surface area contributed by atoms with Gasteiger partial charge in [0.15, 0.2) is 0 Å². The van der Waals surface area contributed by atoms with Gasteiger partial charge in [-0.15, -0.1) is 0 Å². The molecule has 12 heavy (non-hydrogen) atoms. The lowest BCUT2D eigenvalue weighted by atomic mass is 10.3. The summed E-state index contributed by atoms with van der Waals surface area (Å²) in [5, 5.41) is 2.79. The van der Waals surface area contributed by atoms with E-state index in [9.17, 15) is 4.79 Å². The zero-order valence-corrected chi connectivity index (χ0v) is 9.71. The molecule has 0 rings (SSSR count). The molecule has 3 nitrogen and oxygen atoms in total. The van der Waals surface area contributed by atoms with Gasteiger partial charge in [-0.1, -0.05) is 22.6 Å². The molecule has 1 N–H and O–H groups in total. The Balaban J connectivity index is 3.84. The maximum atomic E-state index is 11.2.